The first-order valence-electron chi connectivity index (χ1n) is 13.2. The maximum absolute atomic E-state index is 14.2. The van der Waals surface area contributed by atoms with Crippen molar-refractivity contribution in [3.63, 3.8) is 0 Å². The van der Waals surface area contributed by atoms with Crippen molar-refractivity contribution in [1.82, 2.24) is 20.0 Å². The van der Waals surface area contributed by atoms with Crippen LogP contribution in [0, 0.1) is 17.5 Å². The van der Waals surface area contributed by atoms with Crippen LogP contribution >= 0.6 is 12.4 Å². The van der Waals surface area contributed by atoms with E-state index in [0.29, 0.717) is 18.9 Å². The molecule has 0 saturated carbocycles. The summed E-state index contributed by atoms with van der Waals surface area (Å²) in [4.78, 5) is 43.2. The Morgan fingerprint density at radius 3 is 2.24 bits per heavy atom. The minimum Gasteiger partial charge on any atom is -0.452 e. The number of carbonyl (C=O) groups excluding carboxylic acids is 3. The van der Waals surface area contributed by atoms with Gasteiger partial charge in [0.2, 0.25) is 0 Å². The normalized spacial score (nSPS) is 18.3. The van der Waals surface area contributed by atoms with E-state index < -0.39 is 35.7 Å². The lowest BCUT2D eigenvalue weighted by molar-refractivity contribution is -0.118. The molecular formula is C29H34ClF3N4O4. The van der Waals surface area contributed by atoms with Crippen molar-refractivity contribution in [3.05, 3.63) is 82.3 Å². The molecule has 8 nitrogen and oxygen atoms in total. The highest BCUT2D eigenvalue weighted by molar-refractivity contribution is 6.02. The van der Waals surface area contributed by atoms with Crippen LogP contribution in [-0.4, -0.2) is 73.1 Å². The van der Waals surface area contributed by atoms with E-state index in [9.17, 15) is 27.6 Å². The first-order valence-corrected chi connectivity index (χ1v) is 13.2. The number of carbonyl (C=O) groups is 3. The van der Waals surface area contributed by atoms with Crippen LogP contribution in [0.5, 0.6) is 0 Å². The molecule has 0 bridgehead atoms. The minimum absolute atomic E-state index is 0. The number of nitrogens with zero attached hydrogens (tertiary/aromatic N) is 3. The summed E-state index contributed by atoms with van der Waals surface area (Å²) in [5, 5.41) is 2.86. The van der Waals surface area contributed by atoms with Crippen molar-refractivity contribution in [3.8, 4) is 0 Å². The lowest BCUT2D eigenvalue weighted by Crippen LogP contribution is -2.52. The Balaban J connectivity index is 0.00000462. The molecule has 2 aromatic rings. The van der Waals surface area contributed by atoms with Crippen LogP contribution in [0.4, 0.5) is 22.8 Å². The molecule has 1 N–H and O–H groups in total. The number of imide groups is 1. The number of nitrogens with one attached hydrogen (secondary N) is 1. The number of allylic oxidation sites excluding steroid dienone is 1. The van der Waals surface area contributed by atoms with Gasteiger partial charge in [-0.15, -0.1) is 12.4 Å². The zero-order chi connectivity index (χ0) is 29.0. The number of amides is 4. The smallest absolute Gasteiger partial charge is 0.418 e. The van der Waals surface area contributed by atoms with Crippen molar-refractivity contribution >= 4 is 30.4 Å². The molecule has 0 spiro atoms. The number of urea groups is 1. The van der Waals surface area contributed by atoms with E-state index in [1.54, 1.807) is 6.92 Å². The molecule has 4 rings (SSSR count). The van der Waals surface area contributed by atoms with Crippen LogP contribution in [0.1, 0.15) is 49.3 Å². The van der Waals surface area contributed by atoms with Gasteiger partial charge in [-0.1, -0.05) is 18.2 Å². The maximum Gasteiger partial charge on any atom is 0.418 e. The zero-order valence-corrected chi connectivity index (χ0v) is 24.0. The number of hydrogen-bond acceptors (Lipinski definition) is 5. The lowest BCUT2D eigenvalue weighted by atomic mass is 9.89. The SMILES string of the molecule is COC(=O)N1C(=O)N(C)C(C)=C(C(=O)NCCCN2CCC(c3ccc(F)cc3)CC2)C1c1ccc(F)c(F)c1.Cl. The Labute approximate surface area is 243 Å². The van der Waals surface area contributed by atoms with Gasteiger partial charge in [0.05, 0.1) is 12.7 Å². The summed E-state index contributed by atoms with van der Waals surface area (Å²) in [7, 11) is 2.50. The Bertz CT molecular complexity index is 1300. The van der Waals surface area contributed by atoms with Gasteiger partial charge in [0.25, 0.3) is 5.91 Å². The molecule has 12 heteroatoms. The molecule has 2 aromatic carbocycles. The van der Waals surface area contributed by atoms with E-state index in [1.807, 2.05) is 12.1 Å². The summed E-state index contributed by atoms with van der Waals surface area (Å²) in [6.45, 7) is 4.42. The van der Waals surface area contributed by atoms with Gasteiger partial charge in [0.15, 0.2) is 11.6 Å². The third-order valence-electron chi connectivity index (χ3n) is 7.66. The molecule has 1 saturated heterocycles. The van der Waals surface area contributed by atoms with Crippen LogP contribution in [0.25, 0.3) is 0 Å². The fraction of sp³-hybridized carbons (Fsp3) is 0.414. The first-order chi connectivity index (χ1) is 19.1. The summed E-state index contributed by atoms with van der Waals surface area (Å²) in [6.07, 6.45) is 1.55. The molecule has 0 aliphatic carbocycles. The number of likely N-dealkylation sites (tertiary alicyclic amines) is 1. The molecule has 2 heterocycles. The fourth-order valence-electron chi connectivity index (χ4n) is 5.32. The second-order valence-electron chi connectivity index (χ2n) is 10.0. The second-order valence-corrected chi connectivity index (χ2v) is 10.0. The third kappa shape index (κ3) is 7.02. The number of hydrogen-bond donors (Lipinski definition) is 1. The highest BCUT2D eigenvalue weighted by Crippen LogP contribution is 2.37. The Morgan fingerprint density at radius 1 is 1.00 bits per heavy atom. The van der Waals surface area contributed by atoms with Crippen molar-refractivity contribution in [2.75, 3.05) is 40.3 Å². The molecule has 0 radical (unpaired) electrons. The Morgan fingerprint density at radius 2 is 1.63 bits per heavy atom. The van der Waals surface area contributed by atoms with Gasteiger partial charge in [-0.25, -0.2) is 27.7 Å². The molecule has 4 amide bonds. The van der Waals surface area contributed by atoms with Crippen molar-refractivity contribution in [2.24, 2.45) is 0 Å². The number of halogens is 4. The van der Waals surface area contributed by atoms with Crippen LogP contribution in [0.3, 0.4) is 0 Å². The van der Waals surface area contributed by atoms with Crippen LogP contribution < -0.4 is 5.32 Å². The highest BCUT2D eigenvalue weighted by atomic mass is 35.5. The van der Waals surface area contributed by atoms with Crippen molar-refractivity contribution in [1.29, 1.82) is 0 Å². The molecule has 1 atom stereocenters. The number of benzene rings is 2. The molecular weight excluding hydrogens is 561 g/mol. The van der Waals surface area contributed by atoms with E-state index >= 15 is 0 Å². The summed E-state index contributed by atoms with van der Waals surface area (Å²) in [5.41, 5.74) is 1.53. The summed E-state index contributed by atoms with van der Waals surface area (Å²) >= 11 is 0. The molecule has 1 fully saturated rings. The number of rotatable bonds is 7. The second kappa shape index (κ2) is 13.9. The van der Waals surface area contributed by atoms with Gasteiger partial charge in [0.1, 0.15) is 11.9 Å². The zero-order valence-electron chi connectivity index (χ0n) is 23.2. The molecule has 0 aromatic heterocycles. The molecule has 2 aliphatic heterocycles. The quantitative estimate of drug-likeness (QED) is 0.437. The topological polar surface area (TPSA) is 82.2 Å². The molecule has 222 valence electrons. The predicted molar refractivity (Wildman–Crippen MR) is 149 cm³/mol. The van der Waals surface area contributed by atoms with Crippen molar-refractivity contribution < 1.29 is 32.3 Å². The number of methoxy groups -OCH3 is 1. The summed E-state index contributed by atoms with van der Waals surface area (Å²) in [6, 6.07) is 7.56. The average molecular weight is 595 g/mol. The fourth-order valence-corrected chi connectivity index (χ4v) is 5.32. The summed E-state index contributed by atoms with van der Waals surface area (Å²) < 4.78 is 45.8. The summed E-state index contributed by atoms with van der Waals surface area (Å²) in [5.74, 6) is -2.65. The standard InChI is InChI=1S/C29H33F3N4O4.ClH/c1-18-25(26(21-7-10-23(31)24(32)17-21)36(29(39)40-3)28(38)34(18)2)27(37)33-13-4-14-35-15-11-20(12-16-35)19-5-8-22(30)9-6-19;/h5-10,17,20,26H,4,11-16H2,1-3H3,(H,33,37);1H. The van der Waals surface area contributed by atoms with Crippen molar-refractivity contribution in [2.45, 2.75) is 38.1 Å². The lowest BCUT2D eigenvalue weighted by Gasteiger charge is -2.39. The van der Waals surface area contributed by atoms with E-state index in [2.05, 4.69) is 10.2 Å². The average Bonchev–Trinajstić information content (AvgIpc) is 2.95. The number of piperidine rings is 1. The van der Waals surface area contributed by atoms with Crippen LogP contribution in [0.15, 0.2) is 53.7 Å². The van der Waals surface area contributed by atoms with E-state index in [1.165, 1.54) is 25.2 Å². The van der Waals surface area contributed by atoms with E-state index in [4.69, 9.17) is 4.74 Å². The minimum atomic E-state index is -1.31. The van der Waals surface area contributed by atoms with Gasteiger partial charge in [-0.2, -0.15) is 0 Å². The van der Waals surface area contributed by atoms with Gasteiger partial charge in [0, 0.05) is 19.3 Å². The van der Waals surface area contributed by atoms with Gasteiger partial charge in [-0.05, 0) is 87.1 Å². The largest absolute Gasteiger partial charge is 0.452 e. The van der Waals surface area contributed by atoms with E-state index in [-0.39, 0.29) is 35.1 Å². The monoisotopic (exact) mass is 594 g/mol. The van der Waals surface area contributed by atoms with Gasteiger partial charge >= 0.3 is 12.1 Å². The highest BCUT2D eigenvalue weighted by Gasteiger charge is 2.44. The Hall–Kier alpha value is -3.57. The molecule has 41 heavy (non-hydrogen) atoms. The van der Waals surface area contributed by atoms with Gasteiger partial charge in [-0.3, -0.25) is 4.79 Å². The molecule has 1 unspecified atom stereocenters. The molecule has 2 aliphatic rings. The van der Waals surface area contributed by atoms with Crippen LogP contribution in [-0.2, 0) is 9.53 Å². The maximum atomic E-state index is 14.2. The Kier molecular flexibility index (Phi) is 10.8. The number of ether oxygens (including phenoxy) is 1. The predicted octanol–water partition coefficient (Wildman–Crippen LogP) is 5.36. The first kappa shape index (κ1) is 32.0. The van der Waals surface area contributed by atoms with Gasteiger partial charge < -0.3 is 19.9 Å². The van der Waals surface area contributed by atoms with Crippen LogP contribution in [0.2, 0.25) is 0 Å². The van der Waals surface area contributed by atoms with E-state index in [0.717, 1.165) is 67.1 Å². The third-order valence-corrected chi connectivity index (χ3v) is 7.66.